The molecule has 1 heterocycles. The zero-order valence-electron chi connectivity index (χ0n) is 8.18. The average Bonchev–Trinajstić information content (AvgIpc) is 2.17. The second-order valence-electron chi connectivity index (χ2n) is 3.06. The molecule has 0 bridgehead atoms. The Kier molecular flexibility index (Phi) is 4.86. The highest BCUT2D eigenvalue weighted by Crippen LogP contribution is 2.13. The van der Waals surface area contributed by atoms with Gasteiger partial charge in [0.15, 0.2) is 5.16 Å². The minimum Gasteiger partial charge on any atom is -0.395 e. The van der Waals surface area contributed by atoms with Crippen molar-refractivity contribution in [3.05, 3.63) is 18.0 Å². The number of nitrogens with zero attached hydrogens (tertiary/aromatic N) is 2. The van der Waals surface area contributed by atoms with Crippen LogP contribution in [0.3, 0.4) is 0 Å². The molecule has 0 aliphatic heterocycles. The molecule has 4 nitrogen and oxygen atoms in total. The fraction of sp³-hybridized carbons (Fsp3) is 0.556. The van der Waals surface area contributed by atoms with Crippen molar-refractivity contribution in [3.63, 3.8) is 0 Å². The first-order valence-corrected chi connectivity index (χ1v) is 5.50. The van der Waals surface area contributed by atoms with E-state index in [1.54, 1.807) is 18.0 Å². The number of hydrogen-bond donors (Lipinski definition) is 2. The maximum absolute atomic E-state index is 8.71. The van der Waals surface area contributed by atoms with Gasteiger partial charge < -0.3 is 10.8 Å². The Labute approximate surface area is 88.0 Å². The summed E-state index contributed by atoms with van der Waals surface area (Å²) < 4.78 is 0. The molecular formula is C9H15N3OS. The molecule has 78 valence electrons. The number of hydrogen-bond acceptors (Lipinski definition) is 5. The molecule has 5 heteroatoms. The van der Waals surface area contributed by atoms with Crippen molar-refractivity contribution in [1.29, 1.82) is 0 Å². The largest absolute Gasteiger partial charge is 0.395 e. The van der Waals surface area contributed by atoms with E-state index in [-0.39, 0.29) is 12.6 Å². The van der Waals surface area contributed by atoms with E-state index in [0.29, 0.717) is 0 Å². The van der Waals surface area contributed by atoms with Gasteiger partial charge in [0, 0.05) is 23.7 Å². The van der Waals surface area contributed by atoms with Crippen LogP contribution in [-0.2, 0) is 0 Å². The van der Waals surface area contributed by atoms with Crippen molar-refractivity contribution in [2.45, 2.75) is 24.5 Å². The predicted molar refractivity (Wildman–Crippen MR) is 57.2 cm³/mol. The highest BCUT2D eigenvalue weighted by molar-refractivity contribution is 7.99. The van der Waals surface area contributed by atoms with Crippen LogP contribution in [0.15, 0.2) is 17.4 Å². The zero-order valence-corrected chi connectivity index (χ0v) is 9.00. The number of nitrogens with two attached hydrogens (primary N) is 1. The van der Waals surface area contributed by atoms with Gasteiger partial charge in [0.25, 0.3) is 0 Å². The number of aliphatic hydroxyl groups is 1. The topological polar surface area (TPSA) is 72.0 Å². The molecule has 0 saturated carbocycles. The van der Waals surface area contributed by atoms with Crippen molar-refractivity contribution in [3.8, 4) is 0 Å². The molecule has 0 spiro atoms. The standard InChI is InChI=1S/C9H15N3OS/c1-7-2-4-11-9(12-7)14-5-3-8(10)6-13/h2,4,8,13H,3,5-6,10H2,1H3. The molecule has 0 fully saturated rings. The quantitative estimate of drug-likeness (QED) is 0.553. The monoisotopic (exact) mass is 213 g/mol. The van der Waals surface area contributed by atoms with E-state index in [4.69, 9.17) is 10.8 Å². The van der Waals surface area contributed by atoms with Gasteiger partial charge in [-0.15, -0.1) is 0 Å². The van der Waals surface area contributed by atoms with Gasteiger partial charge in [-0.3, -0.25) is 0 Å². The first kappa shape index (κ1) is 11.4. The van der Waals surface area contributed by atoms with Crippen molar-refractivity contribution in [2.24, 2.45) is 5.73 Å². The Morgan fingerprint density at radius 1 is 1.64 bits per heavy atom. The molecule has 0 saturated heterocycles. The van der Waals surface area contributed by atoms with Gasteiger partial charge in [0.1, 0.15) is 0 Å². The normalized spacial score (nSPS) is 12.8. The molecule has 0 amide bonds. The maximum Gasteiger partial charge on any atom is 0.187 e. The van der Waals surface area contributed by atoms with E-state index < -0.39 is 0 Å². The maximum atomic E-state index is 8.71. The van der Waals surface area contributed by atoms with Gasteiger partial charge in [-0.05, 0) is 19.4 Å². The van der Waals surface area contributed by atoms with E-state index >= 15 is 0 Å². The average molecular weight is 213 g/mol. The summed E-state index contributed by atoms with van der Waals surface area (Å²) in [7, 11) is 0. The summed E-state index contributed by atoms with van der Waals surface area (Å²) >= 11 is 1.56. The van der Waals surface area contributed by atoms with E-state index in [0.717, 1.165) is 23.0 Å². The van der Waals surface area contributed by atoms with Gasteiger partial charge >= 0.3 is 0 Å². The van der Waals surface area contributed by atoms with Gasteiger partial charge in [-0.1, -0.05) is 11.8 Å². The first-order chi connectivity index (χ1) is 6.72. The molecule has 0 aliphatic rings. The summed E-state index contributed by atoms with van der Waals surface area (Å²) in [4.78, 5) is 8.36. The highest BCUT2D eigenvalue weighted by Gasteiger charge is 2.02. The molecule has 0 aliphatic carbocycles. The van der Waals surface area contributed by atoms with E-state index in [1.807, 2.05) is 13.0 Å². The lowest BCUT2D eigenvalue weighted by Gasteiger charge is -2.06. The molecule has 3 N–H and O–H groups in total. The van der Waals surface area contributed by atoms with Crippen molar-refractivity contribution < 1.29 is 5.11 Å². The molecule has 1 unspecified atom stereocenters. The Morgan fingerprint density at radius 3 is 3.07 bits per heavy atom. The van der Waals surface area contributed by atoms with Gasteiger partial charge in [-0.25, -0.2) is 9.97 Å². The zero-order chi connectivity index (χ0) is 10.4. The molecule has 0 radical (unpaired) electrons. The molecule has 1 rings (SSSR count). The lowest BCUT2D eigenvalue weighted by Crippen LogP contribution is -2.24. The number of rotatable bonds is 5. The Bertz CT molecular complexity index is 283. The van der Waals surface area contributed by atoms with Gasteiger partial charge in [0.2, 0.25) is 0 Å². The molecule has 1 aromatic heterocycles. The lowest BCUT2D eigenvalue weighted by atomic mass is 10.3. The van der Waals surface area contributed by atoms with Crippen LogP contribution >= 0.6 is 11.8 Å². The molecule has 1 atom stereocenters. The molecule has 1 aromatic rings. The number of aliphatic hydroxyl groups excluding tert-OH is 1. The van der Waals surface area contributed by atoms with Crippen molar-refractivity contribution >= 4 is 11.8 Å². The summed E-state index contributed by atoms with van der Waals surface area (Å²) in [6.07, 6.45) is 2.52. The third-order valence-electron chi connectivity index (χ3n) is 1.73. The third kappa shape index (κ3) is 4.04. The smallest absolute Gasteiger partial charge is 0.187 e. The van der Waals surface area contributed by atoms with Crippen LogP contribution in [0.1, 0.15) is 12.1 Å². The number of aromatic nitrogens is 2. The van der Waals surface area contributed by atoms with Crippen LogP contribution in [0.5, 0.6) is 0 Å². The van der Waals surface area contributed by atoms with Crippen LogP contribution < -0.4 is 5.73 Å². The summed E-state index contributed by atoms with van der Waals surface area (Å²) in [6.45, 7) is 1.97. The third-order valence-corrected chi connectivity index (χ3v) is 2.62. The summed E-state index contributed by atoms with van der Waals surface area (Å²) in [6, 6.07) is 1.73. The fourth-order valence-electron chi connectivity index (χ4n) is 0.888. The second kappa shape index (κ2) is 5.95. The fourth-order valence-corrected chi connectivity index (χ4v) is 1.84. The van der Waals surface area contributed by atoms with Gasteiger partial charge in [0.05, 0.1) is 6.61 Å². The Morgan fingerprint density at radius 2 is 2.43 bits per heavy atom. The summed E-state index contributed by atoms with van der Waals surface area (Å²) in [5.74, 6) is 0.838. The summed E-state index contributed by atoms with van der Waals surface area (Å²) in [5.41, 5.74) is 6.53. The van der Waals surface area contributed by atoms with E-state index in [1.165, 1.54) is 0 Å². The van der Waals surface area contributed by atoms with Crippen LogP contribution in [0.4, 0.5) is 0 Å². The van der Waals surface area contributed by atoms with Crippen molar-refractivity contribution in [2.75, 3.05) is 12.4 Å². The minimum atomic E-state index is -0.132. The number of thioether (sulfide) groups is 1. The van der Waals surface area contributed by atoms with Crippen LogP contribution in [0.2, 0.25) is 0 Å². The molecule has 14 heavy (non-hydrogen) atoms. The Balaban J connectivity index is 2.31. The first-order valence-electron chi connectivity index (χ1n) is 4.51. The van der Waals surface area contributed by atoms with Crippen LogP contribution in [-0.4, -0.2) is 33.5 Å². The Hall–Kier alpha value is -0.650. The van der Waals surface area contributed by atoms with E-state index in [9.17, 15) is 0 Å². The molecule has 0 aromatic carbocycles. The number of aryl methyl sites for hydroxylation is 1. The summed E-state index contributed by atoms with van der Waals surface area (Å²) in [5, 5.41) is 9.48. The predicted octanol–water partition coefficient (Wildman–Crippen LogP) is 0.587. The highest BCUT2D eigenvalue weighted by atomic mass is 32.2. The van der Waals surface area contributed by atoms with Crippen LogP contribution in [0, 0.1) is 6.92 Å². The van der Waals surface area contributed by atoms with Crippen LogP contribution in [0.25, 0.3) is 0 Å². The molecular weight excluding hydrogens is 198 g/mol. The van der Waals surface area contributed by atoms with Crippen molar-refractivity contribution in [1.82, 2.24) is 9.97 Å². The second-order valence-corrected chi connectivity index (χ2v) is 4.12. The van der Waals surface area contributed by atoms with E-state index in [2.05, 4.69) is 9.97 Å². The van der Waals surface area contributed by atoms with Gasteiger partial charge in [-0.2, -0.15) is 0 Å². The SMILES string of the molecule is Cc1ccnc(SCCC(N)CO)n1. The minimum absolute atomic E-state index is 0.0369. The lowest BCUT2D eigenvalue weighted by molar-refractivity contribution is 0.264.